The number of rotatable bonds is 6. The highest BCUT2D eigenvalue weighted by atomic mass is 32.2. The molecular formula is C21H19NO3S. The van der Waals surface area contributed by atoms with Crippen LogP contribution in [0.2, 0.25) is 0 Å². The van der Waals surface area contributed by atoms with Crippen molar-refractivity contribution in [1.82, 2.24) is 4.90 Å². The summed E-state index contributed by atoms with van der Waals surface area (Å²) in [6.07, 6.45) is 3.42. The molecule has 0 unspecified atom stereocenters. The lowest BCUT2D eigenvalue weighted by Gasteiger charge is -2.14. The van der Waals surface area contributed by atoms with Crippen LogP contribution in [-0.4, -0.2) is 22.7 Å². The van der Waals surface area contributed by atoms with E-state index in [1.54, 1.807) is 12.2 Å². The Morgan fingerprint density at radius 2 is 1.85 bits per heavy atom. The standard InChI is InChI=1S/C21H19NO3S/c1-3-12-25-18-10-8-16(9-11-18)13-19-20(23)22(21(24)26-19)14-17-7-5-4-6-15(17)2/h3-11,13H,1,12,14H2,2H3/b19-13-. The molecule has 0 aliphatic carbocycles. The number of ether oxygens (including phenoxy) is 1. The van der Waals surface area contributed by atoms with Gasteiger partial charge in [0.25, 0.3) is 11.1 Å². The number of benzene rings is 2. The normalized spacial score (nSPS) is 15.6. The highest BCUT2D eigenvalue weighted by Gasteiger charge is 2.35. The number of thioether (sulfide) groups is 1. The molecule has 0 radical (unpaired) electrons. The first kappa shape index (κ1) is 18.0. The van der Waals surface area contributed by atoms with Crippen LogP contribution in [0.3, 0.4) is 0 Å². The van der Waals surface area contributed by atoms with E-state index in [0.29, 0.717) is 18.1 Å². The molecule has 1 aliphatic rings. The van der Waals surface area contributed by atoms with Crippen molar-refractivity contribution >= 4 is 29.0 Å². The van der Waals surface area contributed by atoms with Gasteiger partial charge in [-0.05, 0) is 53.6 Å². The highest BCUT2D eigenvalue weighted by Crippen LogP contribution is 2.33. The summed E-state index contributed by atoms with van der Waals surface area (Å²) in [4.78, 5) is 26.6. The van der Waals surface area contributed by atoms with Gasteiger partial charge in [-0.2, -0.15) is 0 Å². The van der Waals surface area contributed by atoms with Crippen LogP contribution in [0, 0.1) is 6.92 Å². The summed E-state index contributed by atoms with van der Waals surface area (Å²) in [6, 6.07) is 15.1. The Morgan fingerprint density at radius 1 is 1.12 bits per heavy atom. The Kier molecular flexibility index (Phi) is 5.58. The van der Waals surface area contributed by atoms with Gasteiger partial charge in [0, 0.05) is 0 Å². The second-order valence-corrected chi connectivity index (χ2v) is 6.86. The first-order valence-corrected chi connectivity index (χ1v) is 9.04. The molecule has 2 aromatic carbocycles. The van der Waals surface area contributed by atoms with E-state index in [1.165, 1.54) is 4.90 Å². The molecule has 26 heavy (non-hydrogen) atoms. The molecule has 1 aliphatic heterocycles. The highest BCUT2D eigenvalue weighted by molar-refractivity contribution is 8.18. The van der Waals surface area contributed by atoms with Crippen LogP contribution >= 0.6 is 11.8 Å². The zero-order chi connectivity index (χ0) is 18.5. The maximum absolute atomic E-state index is 12.6. The minimum absolute atomic E-state index is 0.240. The van der Waals surface area contributed by atoms with Crippen molar-refractivity contribution in [1.29, 1.82) is 0 Å². The van der Waals surface area contributed by atoms with Gasteiger partial charge >= 0.3 is 0 Å². The van der Waals surface area contributed by atoms with Crippen molar-refractivity contribution in [3.63, 3.8) is 0 Å². The van der Waals surface area contributed by atoms with Crippen LogP contribution < -0.4 is 4.74 Å². The summed E-state index contributed by atoms with van der Waals surface area (Å²) in [7, 11) is 0. The number of amides is 2. The molecule has 0 bridgehead atoms. The number of hydrogen-bond donors (Lipinski definition) is 0. The maximum atomic E-state index is 12.6. The Morgan fingerprint density at radius 3 is 2.54 bits per heavy atom. The van der Waals surface area contributed by atoms with Crippen molar-refractivity contribution in [3.05, 3.63) is 82.8 Å². The fourth-order valence-electron chi connectivity index (χ4n) is 2.56. The molecular weight excluding hydrogens is 346 g/mol. The molecule has 0 atom stereocenters. The average molecular weight is 365 g/mol. The SMILES string of the molecule is C=CCOc1ccc(/C=C2\SC(=O)N(Cc3ccccc3C)C2=O)cc1. The zero-order valence-electron chi connectivity index (χ0n) is 14.5. The van der Waals surface area contributed by atoms with Crippen LogP contribution in [0.1, 0.15) is 16.7 Å². The molecule has 0 aromatic heterocycles. The monoisotopic (exact) mass is 365 g/mol. The van der Waals surface area contributed by atoms with Gasteiger partial charge in [0.05, 0.1) is 11.4 Å². The van der Waals surface area contributed by atoms with Gasteiger partial charge in [-0.1, -0.05) is 49.1 Å². The predicted molar refractivity (Wildman–Crippen MR) is 105 cm³/mol. The van der Waals surface area contributed by atoms with E-state index in [9.17, 15) is 9.59 Å². The molecule has 2 aromatic rings. The van der Waals surface area contributed by atoms with E-state index in [2.05, 4.69) is 6.58 Å². The summed E-state index contributed by atoms with van der Waals surface area (Å²) in [6.45, 7) is 6.32. The number of carbonyl (C=O) groups excluding carboxylic acids is 2. The molecule has 1 heterocycles. The Bertz CT molecular complexity index is 871. The molecule has 1 saturated heterocycles. The van der Waals surface area contributed by atoms with Gasteiger partial charge in [0.2, 0.25) is 0 Å². The molecule has 4 nitrogen and oxygen atoms in total. The van der Waals surface area contributed by atoms with Crippen molar-refractivity contribution in [3.8, 4) is 5.75 Å². The molecule has 3 rings (SSSR count). The summed E-state index contributed by atoms with van der Waals surface area (Å²) in [5.41, 5.74) is 2.88. The summed E-state index contributed by atoms with van der Waals surface area (Å²) in [5, 5.41) is -0.240. The number of hydrogen-bond acceptors (Lipinski definition) is 4. The first-order valence-electron chi connectivity index (χ1n) is 8.22. The Hall–Kier alpha value is -2.79. The average Bonchev–Trinajstić information content (AvgIpc) is 2.90. The fraction of sp³-hybridized carbons (Fsp3) is 0.143. The Balaban J connectivity index is 1.74. The van der Waals surface area contributed by atoms with Crippen molar-refractivity contribution in [2.45, 2.75) is 13.5 Å². The van der Waals surface area contributed by atoms with Gasteiger partial charge in [0.15, 0.2) is 0 Å². The number of nitrogens with zero attached hydrogens (tertiary/aromatic N) is 1. The largest absolute Gasteiger partial charge is 0.490 e. The lowest BCUT2D eigenvalue weighted by molar-refractivity contribution is -0.123. The third kappa shape index (κ3) is 4.06. The van der Waals surface area contributed by atoms with Crippen LogP contribution in [0.5, 0.6) is 5.75 Å². The lowest BCUT2D eigenvalue weighted by atomic mass is 10.1. The Labute approximate surface area is 157 Å². The van der Waals surface area contributed by atoms with Crippen LogP contribution in [-0.2, 0) is 11.3 Å². The van der Waals surface area contributed by atoms with Crippen LogP contribution in [0.4, 0.5) is 4.79 Å². The van der Waals surface area contributed by atoms with Gasteiger partial charge in [-0.25, -0.2) is 0 Å². The quantitative estimate of drug-likeness (QED) is 0.545. The summed E-state index contributed by atoms with van der Waals surface area (Å²) >= 11 is 0.974. The molecule has 1 fully saturated rings. The number of imide groups is 1. The predicted octanol–water partition coefficient (Wildman–Crippen LogP) is 4.80. The lowest BCUT2D eigenvalue weighted by Crippen LogP contribution is -2.27. The molecule has 5 heteroatoms. The van der Waals surface area contributed by atoms with Crippen molar-refractivity contribution < 1.29 is 14.3 Å². The molecule has 0 N–H and O–H groups in total. The van der Waals surface area contributed by atoms with Gasteiger partial charge in [-0.3, -0.25) is 14.5 Å². The third-order valence-corrected chi connectivity index (χ3v) is 4.92. The zero-order valence-corrected chi connectivity index (χ0v) is 15.3. The van der Waals surface area contributed by atoms with E-state index in [4.69, 9.17) is 4.74 Å². The van der Waals surface area contributed by atoms with Crippen LogP contribution in [0.15, 0.2) is 66.1 Å². The van der Waals surface area contributed by atoms with Gasteiger partial charge in [0.1, 0.15) is 12.4 Å². The van der Waals surface area contributed by atoms with Gasteiger partial charge < -0.3 is 4.74 Å². The first-order chi connectivity index (χ1) is 12.6. The molecule has 132 valence electrons. The molecule has 0 spiro atoms. The maximum Gasteiger partial charge on any atom is 0.293 e. The van der Waals surface area contributed by atoms with Gasteiger partial charge in [-0.15, -0.1) is 0 Å². The molecule has 0 saturated carbocycles. The second kappa shape index (κ2) is 8.06. The summed E-state index contributed by atoms with van der Waals surface area (Å²) < 4.78 is 5.44. The number of carbonyl (C=O) groups is 2. The van der Waals surface area contributed by atoms with E-state index in [0.717, 1.165) is 34.2 Å². The smallest absolute Gasteiger partial charge is 0.293 e. The minimum Gasteiger partial charge on any atom is -0.490 e. The second-order valence-electron chi connectivity index (χ2n) is 5.86. The van der Waals surface area contributed by atoms with Crippen molar-refractivity contribution in [2.24, 2.45) is 0 Å². The topological polar surface area (TPSA) is 46.6 Å². The van der Waals surface area contributed by atoms with Crippen LogP contribution in [0.25, 0.3) is 6.08 Å². The van der Waals surface area contributed by atoms with E-state index < -0.39 is 0 Å². The fourth-order valence-corrected chi connectivity index (χ4v) is 3.40. The van der Waals surface area contributed by atoms with Crippen molar-refractivity contribution in [2.75, 3.05) is 6.61 Å². The minimum atomic E-state index is -0.254. The van der Waals surface area contributed by atoms with E-state index >= 15 is 0 Å². The van der Waals surface area contributed by atoms with E-state index in [-0.39, 0.29) is 11.1 Å². The van der Waals surface area contributed by atoms with E-state index in [1.807, 2.05) is 55.5 Å². The molecule has 2 amide bonds. The third-order valence-electron chi connectivity index (χ3n) is 4.01. The number of aryl methyl sites for hydroxylation is 1. The summed E-state index contributed by atoms with van der Waals surface area (Å²) in [5.74, 6) is 0.477.